The van der Waals surface area contributed by atoms with Crippen molar-refractivity contribution in [2.75, 3.05) is 7.11 Å². The fourth-order valence-corrected chi connectivity index (χ4v) is 4.32. The number of carbonyl (C=O) groups is 1. The smallest absolute Gasteiger partial charge is 0.339 e. The number of aliphatic hydroxyl groups excluding tert-OH is 1. The summed E-state index contributed by atoms with van der Waals surface area (Å²) in [7, 11) is 1.50. The summed E-state index contributed by atoms with van der Waals surface area (Å²) in [6.45, 7) is 8.52. The molecule has 8 nitrogen and oxygen atoms in total. The van der Waals surface area contributed by atoms with Crippen LogP contribution in [0.2, 0.25) is 0 Å². The van der Waals surface area contributed by atoms with Gasteiger partial charge in [-0.3, -0.25) is 4.79 Å². The molecule has 6 atom stereocenters. The standard InChI is InChI=1S/C24H30O8/c1-14-17(30-20(26)13-19(14)28-6)11-9-7-8-10-12-18-21(27)24(5)22(29-16(3)25)23(4,32-18)15(2)31-24/h7-13,15,18,21-22,27H,1-6H3. The van der Waals surface area contributed by atoms with Crippen LogP contribution in [0.4, 0.5) is 0 Å². The summed E-state index contributed by atoms with van der Waals surface area (Å²) in [6.07, 6.45) is 7.61. The predicted molar refractivity (Wildman–Crippen MR) is 117 cm³/mol. The Labute approximate surface area is 187 Å². The van der Waals surface area contributed by atoms with E-state index in [2.05, 4.69) is 0 Å². The molecule has 0 amide bonds. The molecule has 1 N–H and O–H groups in total. The third-order valence-corrected chi connectivity index (χ3v) is 6.15. The molecule has 3 rings (SSSR count). The van der Waals surface area contributed by atoms with E-state index in [-0.39, 0.29) is 6.10 Å². The summed E-state index contributed by atoms with van der Waals surface area (Å²) in [5.41, 5.74) is -1.74. The van der Waals surface area contributed by atoms with Crippen LogP contribution in [0.3, 0.4) is 0 Å². The molecule has 1 aromatic rings. The van der Waals surface area contributed by atoms with Crippen LogP contribution in [0.15, 0.2) is 45.7 Å². The Hall–Kier alpha value is -2.68. The van der Waals surface area contributed by atoms with Crippen molar-refractivity contribution in [1.29, 1.82) is 0 Å². The molecule has 2 aliphatic heterocycles. The largest absolute Gasteiger partial charge is 0.496 e. The number of carbonyl (C=O) groups excluding carboxylic acids is 1. The van der Waals surface area contributed by atoms with E-state index in [1.54, 1.807) is 50.3 Å². The fraction of sp³-hybridized carbons (Fsp3) is 0.500. The molecule has 174 valence electrons. The number of hydrogen-bond acceptors (Lipinski definition) is 8. The Kier molecular flexibility index (Phi) is 6.78. The van der Waals surface area contributed by atoms with Gasteiger partial charge in [0.15, 0.2) is 6.10 Å². The normalized spacial score (nSPS) is 34.6. The second kappa shape index (κ2) is 9.05. The highest BCUT2D eigenvalue weighted by atomic mass is 16.7. The van der Waals surface area contributed by atoms with E-state index in [0.717, 1.165) is 5.56 Å². The van der Waals surface area contributed by atoms with E-state index in [9.17, 15) is 14.7 Å². The highest BCUT2D eigenvalue weighted by Crippen LogP contribution is 2.50. The van der Waals surface area contributed by atoms with Crippen molar-refractivity contribution in [2.45, 2.75) is 70.2 Å². The molecule has 8 heteroatoms. The third kappa shape index (κ3) is 4.30. The molecule has 0 aliphatic carbocycles. The molecule has 0 aromatic carbocycles. The number of allylic oxidation sites excluding steroid dienone is 4. The maximum absolute atomic E-state index is 11.6. The average molecular weight is 446 g/mol. The molecule has 32 heavy (non-hydrogen) atoms. The number of methoxy groups -OCH3 is 1. The van der Waals surface area contributed by atoms with Gasteiger partial charge in [-0.15, -0.1) is 0 Å². The SMILES string of the molecule is COc1cc(=O)oc(C=CC=CC=CC2OC3(C)C(C)OC(C)(C2O)C3OC(C)=O)c1C. The van der Waals surface area contributed by atoms with Gasteiger partial charge in [0.2, 0.25) is 0 Å². The highest BCUT2D eigenvalue weighted by Gasteiger charge is 2.69. The van der Waals surface area contributed by atoms with Crippen molar-refractivity contribution >= 4 is 12.0 Å². The van der Waals surface area contributed by atoms with Gasteiger partial charge in [0.25, 0.3) is 0 Å². The maximum Gasteiger partial charge on any atom is 0.339 e. The summed E-state index contributed by atoms with van der Waals surface area (Å²) in [5, 5.41) is 10.9. The van der Waals surface area contributed by atoms with Crippen LogP contribution in [0.5, 0.6) is 5.75 Å². The summed E-state index contributed by atoms with van der Waals surface area (Å²) in [5.74, 6) is 0.425. The molecule has 2 aliphatic rings. The molecule has 0 radical (unpaired) electrons. The summed E-state index contributed by atoms with van der Waals surface area (Å²) in [6, 6.07) is 1.30. The number of aliphatic hydroxyl groups is 1. The third-order valence-electron chi connectivity index (χ3n) is 6.15. The summed E-state index contributed by atoms with van der Waals surface area (Å²) >= 11 is 0. The van der Waals surface area contributed by atoms with E-state index in [1.807, 2.05) is 13.8 Å². The fourth-order valence-electron chi connectivity index (χ4n) is 4.32. The zero-order valence-electron chi connectivity index (χ0n) is 19.2. The molecule has 0 saturated carbocycles. The Balaban J connectivity index is 1.71. The van der Waals surface area contributed by atoms with E-state index in [1.165, 1.54) is 20.1 Å². The van der Waals surface area contributed by atoms with Gasteiger partial charge in [-0.05, 0) is 33.8 Å². The minimum absolute atomic E-state index is 0.371. The maximum atomic E-state index is 11.6. The van der Waals surface area contributed by atoms with Crippen LogP contribution >= 0.6 is 0 Å². The number of rotatable bonds is 6. The Morgan fingerprint density at radius 3 is 2.50 bits per heavy atom. The lowest BCUT2D eigenvalue weighted by Gasteiger charge is -2.47. The van der Waals surface area contributed by atoms with Crippen molar-refractivity contribution in [3.8, 4) is 5.75 Å². The highest BCUT2D eigenvalue weighted by molar-refractivity contribution is 5.66. The van der Waals surface area contributed by atoms with Crippen LogP contribution in [0.1, 0.15) is 39.0 Å². The average Bonchev–Trinajstić information content (AvgIpc) is 2.87. The van der Waals surface area contributed by atoms with Gasteiger partial charge in [0.1, 0.15) is 34.9 Å². The lowest BCUT2D eigenvalue weighted by molar-refractivity contribution is -0.235. The van der Waals surface area contributed by atoms with Crippen molar-refractivity contribution < 1.29 is 33.3 Å². The van der Waals surface area contributed by atoms with Crippen molar-refractivity contribution in [2.24, 2.45) is 0 Å². The first kappa shape index (κ1) is 24.0. The lowest BCUT2D eigenvalue weighted by atomic mass is 9.78. The first-order valence-electron chi connectivity index (χ1n) is 10.4. The van der Waals surface area contributed by atoms with E-state index in [4.69, 9.17) is 23.4 Å². The van der Waals surface area contributed by atoms with Crippen LogP contribution in [-0.4, -0.2) is 53.8 Å². The molecule has 1 aromatic heterocycles. The Morgan fingerprint density at radius 2 is 1.84 bits per heavy atom. The van der Waals surface area contributed by atoms with Crippen LogP contribution in [0, 0.1) is 6.92 Å². The summed E-state index contributed by atoms with van der Waals surface area (Å²) < 4.78 is 28.0. The molecule has 3 heterocycles. The predicted octanol–water partition coefficient (Wildman–Crippen LogP) is 2.71. The van der Waals surface area contributed by atoms with Crippen LogP contribution < -0.4 is 10.4 Å². The molecular formula is C24H30O8. The molecule has 6 unspecified atom stereocenters. The first-order chi connectivity index (χ1) is 15.0. The number of esters is 1. The number of hydrogen-bond donors (Lipinski definition) is 1. The second-order valence-corrected chi connectivity index (χ2v) is 8.40. The zero-order valence-corrected chi connectivity index (χ0v) is 19.2. The lowest BCUT2D eigenvalue weighted by Crippen LogP contribution is -2.65. The van der Waals surface area contributed by atoms with Gasteiger partial charge in [-0.1, -0.05) is 30.4 Å². The molecule has 2 fully saturated rings. The quantitative estimate of drug-likeness (QED) is 0.525. The Bertz CT molecular complexity index is 1010. The van der Waals surface area contributed by atoms with Gasteiger partial charge in [-0.2, -0.15) is 0 Å². The van der Waals surface area contributed by atoms with E-state index in [0.29, 0.717) is 11.5 Å². The first-order valence-corrected chi connectivity index (χ1v) is 10.4. The summed E-state index contributed by atoms with van der Waals surface area (Å²) in [4.78, 5) is 23.2. The van der Waals surface area contributed by atoms with E-state index < -0.39 is 41.1 Å². The van der Waals surface area contributed by atoms with Crippen molar-refractivity contribution in [3.63, 3.8) is 0 Å². The van der Waals surface area contributed by atoms with Crippen LogP contribution in [0.25, 0.3) is 6.08 Å². The van der Waals surface area contributed by atoms with Gasteiger partial charge >= 0.3 is 11.6 Å². The monoisotopic (exact) mass is 446 g/mol. The molecule has 2 bridgehead atoms. The van der Waals surface area contributed by atoms with Crippen molar-refractivity contribution in [1.82, 2.24) is 0 Å². The number of ether oxygens (including phenoxy) is 4. The molecular weight excluding hydrogens is 416 g/mol. The zero-order chi connectivity index (χ0) is 23.7. The second-order valence-electron chi connectivity index (χ2n) is 8.40. The van der Waals surface area contributed by atoms with Gasteiger partial charge in [0.05, 0.1) is 19.3 Å². The minimum Gasteiger partial charge on any atom is -0.496 e. The van der Waals surface area contributed by atoms with E-state index >= 15 is 0 Å². The molecule has 0 spiro atoms. The topological polar surface area (TPSA) is 104 Å². The minimum atomic E-state index is -1.09. The Morgan fingerprint density at radius 1 is 1.16 bits per heavy atom. The van der Waals surface area contributed by atoms with Crippen LogP contribution in [-0.2, 0) is 19.0 Å². The van der Waals surface area contributed by atoms with Gasteiger partial charge in [-0.25, -0.2) is 4.79 Å². The molecule has 2 saturated heterocycles. The number of fused-ring (bicyclic) bond motifs is 2. The van der Waals surface area contributed by atoms with Gasteiger partial charge < -0.3 is 28.5 Å². The van der Waals surface area contributed by atoms with Crippen molar-refractivity contribution in [3.05, 3.63) is 58.2 Å². The van der Waals surface area contributed by atoms with Gasteiger partial charge in [0, 0.05) is 12.5 Å².